The Hall–Kier alpha value is -1.55. The third-order valence-corrected chi connectivity index (χ3v) is 4.55. The van der Waals surface area contributed by atoms with Gasteiger partial charge in [0.25, 0.3) is 0 Å². The van der Waals surface area contributed by atoms with Crippen molar-refractivity contribution in [1.82, 2.24) is 4.31 Å². The summed E-state index contributed by atoms with van der Waals surface area (Å²) in [6.45, 7) is 1.12. The highest BCUT2D eigenvalue weighted by Gasteiger charge is 2.25. The first-order chi connectivity index (χ1) is 9.63. The van der Waals surface area contributed by atoms with Gasteiger partial charge in [0.1, 0.15) is 0 Å². The number of nitrogens with one attached hydrogen (secondary N) is 1. The SMILES string of the molecule is O=S(=O)(Nc1ccccc1C#CCCO)N1CCCC1. The lowest BCUT2D eigenvalue weighted by Crippen LogP contribution is -2.33. The van der Waals surface area contributed by atoms with Gasteiger partial charge < -0.3 is 5.11 Å². The predicted molar refractivity (Wildman–Crippen MR) is 78.4 cm³/mol. The number of rotatable bonds is 4. The minimum Gasteiger partial charge on any atom is -0.395 e. The van der Waals surface area contributed by atoms with Gasteiger partial charge in [-0.3, -0.25) is 4.72 Å². The maximum atomic E-state index is 12.2. The highest BCUT2D eigenvalue weighted by Crippen LogP contribution is 2.19. The molecular formula is C14H18N2O3S. The molecule has 0 aliphatic carbocycles. The maximum absolute atomic E-state index is 12.2. The fourth-order valence-electron chi connectivity index (χ4n) is 2.03. The van der Waals surface area contributed by atoms with Crippen molar-refractivity contribution in [3.05, 3.63) is 29.8 Å². The van der Waals surface area contributed by atoms with Crippen LogP contribution in [0.5, 0.6) is 0 Å². The molecule has 0 saturated carbocycles. The molecule has 1 aliphatic heterocycles. The van der Waals surface area contributed by atoms with Crippen LogP contribution < -0.4 is 4.72 Å². The number of hydrogen-bond acceptors (Lipinski definition) is 3. The maximum Gasteiger partial charge on any atom is 0.301 e. The van der Waals surface area contributed by atoms with E-state index in [9.17, 15) is 8.42 Å². The number of aliphatic hydroxyl groups is 1. The zero-order valence-corrected chi connectivity index (χ0v) is 12.0. The second-order valence-electron chi connectivity index (χ2n) is 4.53. The summed E-state index contributed by atoms with van der Waals surface area (Å²) in [5, 5.41) is 8.72. The number of para-hydroxylation sites is 1. The van der Waals surface area contributed by atoms with Gasteiger partial charge in [0.2, 0.25) is 0 Å². The monoisotopic (exact) mass is 294 g/mol. The summed E-state index contributed by atoms with van der Waals surface area (Å²) in [4.78, 5) is 0. The Morgan fingerprint density at radius 1 is 1.25 bits per heavy atom. The van der Waals surface area contributed by atoms with Crippen LogP contribution in [0.4, 0.5) is 5.69 Å². The van der Waals surface area contributed by atoms with Crippen LogP contribution in [0.25, 0.3) is 0 Å². The molecule has 0 bridgehead atoms. The van der Waals surface area contributed by atoms with Crippen molar-refractivity contribution >= 4 is 15.9 Å². The van der Waals surface area contributed by atoms with E-state index in [0.29, 0.717) is 30.8 Å². The first-order valence-electron chi connectivity index (χ1n) is 6.60. The molecule has 1 saturated heterocycles. The first-order valence-corrected chi connectivity index (χ1v) is 8.04. The minimum absolute atomic E-state index is 0.00529. The summed E-state index contributed by atoms with van der Waals surface area (Å²) in [6.07, 6.45) is 2.17. The van der Waals surface area contributed by atoms with E-state index in [-0.39, 0.29) is 6.61 Å². The van der Waals surface area contributed by atoms with E-state index in [2.05, 4.69) is 16.6 Å². The van der Waals surface area contributed by atoms with Gasteiger partial charge in [0.15, 0.2) is 0 Å². The average molecular weight is 294 g/mol. The normalized spacial score (nSPS) is 15.7. The van der Waals surface area contributed by atoms with Crippen LogP contribution in [-0.4, -0.2) is 37.5 Å². The largest absolute Gasteiger partial charge is 0.395 e. The molecule has 5 nitrogen and oxygen atoms in total. The van der Waals surface area contributed by atoms with Crippen molar-refractivity contribution in [3.63, 3.8) is 0 Å². The molecule has 1 aliphatic rings. The molecule has 2 rings (SSSR count). The quantitative estimate of drug-likeness (QED) is 0.819. The molecule has 2 N–H and O–H groups in total. The Bertz CT molecular complexity index is 611. The van der Waals surface area contributed by atoms with Gasteiger partial charge in [-0.25, -0.2) is 0 Å². The van der Waals surface area contributed by atoms with Gasteiger partial charge in [-0.2, -0.15) is 12.7 Å². The lowest BCUT2D eigenvalue weighted by molar-refractivity contribution is 0.305. The van der Waals surface area contributed by atoms with E-state index >= 15 is 0 Å². The van der Waals surface area contributed by atoms with E-state index in [4.69, 9.17) is 5.11 Å². The third-order valence-electron chi connectivity index (χ3n) is 3.03. The van der Waals surface area contributed by atoms with Crippen molar-refractivity contribution in [2.24, 2.45) is 0 Å². The standard InChI is InChI=1S/C14H18N2O3S/c17-12-6-3-8-13-7-1-2-9-14(13)15-20(18,19)16-10-4-5-11-16/h1-2,7,9,15,17H,4-6,10-12H2. The van der Waals surface area contributed by atoms with Gasteiger partial charge in [0.05, 0.1) is 12.3 Å². The number of anilines is 1. The van der Waals surface area contributed by atoms with E-state index in [1.807, 2.05) is 0 Å². The lowest BCUT2D eigenvalue weighted by Gasteiger charge is -2.17. The van der Waals surface area contributed by atoms with Crippen molar-refractivity contribution in [2.45, 2.75) is 19.3 Å². The summed E-state index contributed by atoms with van der Waals surface area (Å²) in [5.41, 5.74) is 1.09. The Balaban J connectivity index is 2.19. The Labute approximate surface area is 119 Å². The molecule has 0 amide bonds. The second kappa shape index (κ2) is 6.75. The Kier molecular flexibility index (Phi) is 5.01. The molecule has 1 heterocycles. The highest BCUT2D eigenvalue weighted by molar-refractivity contribution is 7.90. The lowest BCUT2D eigenvalue weighted by atomic mass is 10.2. The van der Waals surface area contributed by atoms with Gasteiger partial charge in [-0.1, -0.05) is 24.0 Å². The molecule has 0 aromatic heterocycles. The van der Waals surface area contributed by atoms with Gasteiger partial charge in [-0.15, -0.1) is 0 Å². The summed E-state index contributed by atoms with van der Waals surface area (Å²) in [6, 6.07) is 7.01. The minimum atomic E-state index is -3.50. The number of aliphatic hydroxyl groups excluding tert-OH is 1. The van der Waals surface area contributed by atoms with Gasteiger partial charge >= 0.3 is 10.2 Å². The Morgan fingerprint density at radius 3 is 2.65 bits per heavy atom. The van der Waals surface area contributed by atoms with Crippen LogP contribution in [0, 0.1) is 11.8 Å². The average Bonchev–Trinajstić information content (AvgIpc) is 2.95. The molecule has 0 atom stereocenters. The van der Waals surface area contributed by atoms with Crippen molar-refractivity contribution in [2.75, 3.05) is 24.4 Å². The van der Waals surface area contributed by atoms with Crippen LogP contribution in [0.2, 0.25) is 0 Å². The summed E-state index contributed by atoms with van der Waals surface area (Å²) in [5.74, 6) is 5.67. The Morgan fingerprint density at radius 2 is 1.95 bits per heavy atom. The fourth-order valence-corrected chi connectivity index (χ4v) is 3.35. The molecule has 0 unspecified atom stereocenters. The van der Waals surface area contributed by atoms with Crippen LogP contribution in [0.1, 0.15) is 24.8 Å². The van der Waals surface area contributed by atoms with E-state index in [1.54, 1.807) is 24.3 Å². The topological polar surface area (TPSA) is 69.6 Å². The molecule has 20 heavy (non-hydrogen) atoms. The van der Waals surface area contributed by atoms with Crippen LogP contribution in [-0.2, 0) is 10.2 Å². The van der Waals surface area contributed by atoms with E-state index in [0.717, 1.165) is 12.8 Å². The summed E-state index contributed by atoms with van der Waals surface area (Å²) < 4.78 is 28.5. The third kappa shape index (κ3) is 3.73. The van der Waals surface area contributed by atoms with Gasteiger partial charge in [-0.05, 0) is 25.0 Å². The van der Waals surface area contributed by atoms with Crippen LogP contribution in [0.15, 0.2) is 24.3 Å². The molecular weight excluding hydrogens is 276 g/mol. The fraction of sp³-hybridized carbons (Fsp3) is 0.429. The first kappa shape index (κ1) is 14.9. The zero-order chi connectivity index (χ0) is 14.4. The molecule has 0 radical (unpaired) electrons. The molecule has 108 valence electrons. The van der Waals surface area contributed by atoms with Crippen LogP contribution in [0.3, 0.4) is 0 Å². The number of hydrogen-bond donors (Lipinski definition) is 2. The molecule has 1 aromatic rings. The molecule has 0 spiro atoms. The predicted octanol–water partition coefficient (Wildman–Crippen LogP) is 1.17. The highest BCUT2D eigenvalue weighted by atomic mass is 32.2. The smallest absolute Gasteiger partial charge is 0.301 e. The summed E-state index contributed by atoms with van der Waals surface area (Å²) >= 11 is 0. The molecule has 1 fully saturated rings. The zero-order valence-electron chi connectivity index (χ0n) is 11.2. The summed E-state index contributed by atoms with van der Waals surface area (Å²) in [7, 11) is -3.50. The van der Waals surface area contributed by atoms with E-state index < -0.39 is 10.2 Å². The van der Waals surface area contributed by atoms with E-state index in [1.165, 1.54) is 4.31 Å². The van der Waals surface area contributed by atoms with Crippen molar-refractivity contribution < 1.29 is 13.5 Å². The number of benzene rings is 1. The number of nitrogens with zero attached hydrogens (tertiary/aromatic N) is 1. The molecule has 6 heteroatoms. The van der Waals surface area contributed by atoms with Gasteiger partial charge in [0, 0.05) is 25.1 Å². The molecule has 1 aromatic carbocycles. The second-order valence-corrected chi connectivity index (χ2v) is 6.20. The van der Waals surface area contributed by atoms with Crippen LogP contribution >= 0.6 is 0 Å². The van der Waals surface area contributed by atoms with Crippen molar-refractivity contribution in [3.8, 4) is 11.8 Å². The van der Waals surface area contributed by atoms with Crippen molar-refractivity contribution in [1.29, 1.82) is 0 Å².